The van der Waals surface area contributed by atoms with Gasteiger partial charge in [-0.15, -0.1) is 0 Å². The maximum absolute atomic E-state index is 12.4. The van der Waals surface area contributed by atoms with E-state index in [2.05, 4.69) is 0 Å². The molecule has 4 rings (SSSR count). The molecule has 112 valence electrons. The van der Waals surface area contributed by atoms with Crippen LogP contribution in [0.15, 0.2) is 35.1 Å². The van der Waals surface area contributed by atoms with Crippen LogP contribution >= 0.6 is 0 Å². The van der Waals surface area contributed by atoms with Crippen molar-refractivity contribution in [3.63, 3.8) is 0 Å². The Kier molecular flexibility index (Phi) is 2.99. The van der Waals surface area contributed by atoms with Crippen LogP contribution in [0, 0.1) is 0 Å². The summed E-state index contributed by atoms with van der Waals surface area (Å²) in [5.74, 6) is 1.41. The highest BCUT2D eigenvalue weighted by Gasteiger charge is 2.28. The smallest absolute Gasteiger partial charge is 0.261 e. The van der Waals surface area contributed by atoms with Gasteiger partial charge < -0.3 is 14.0 Å². The summed E-state index contributed by atoms with van der Waals surface area (Å²) in [6.07, 6.45) is 2.56. The lowest BCUT2D eigenvalue weighted by atomic mass is 10.1. The quantitative estimate of drug-likeness (QED) is 0.816. The predicted molar refractivity (Wildman–Crippen MR) is 80.8 cm³/mol. The van der Waals surface area contributed by atoms with E-state index in [0.29, 0.717) is 25.2 Å². The van der Waals surface area contributed by atoms with Crippen LogP contribution in [-0.2, 0) is 0 Å². The van der Waals surface area contributed by atoms with E-state index in [1.165, 1.54) is 0 Å². The van der Waals surface area contributed by atoms with E-state index in [4.69, 9.17) is 9.47 Å². The molecule has 0 saturated heterocycles. The Balaban J connectivity index is 1.87. The predicted octanol–water partition coefficient (Wildman–Crippen LogP) is 2.43. The summed E-state index contributed by atoms with van der Waals surface area (Å²) in [6.45, 7) is 1.07. The molecule has 0 bridgehead atoms. The summed E-state index contributed by atoms with van der Waals surface area (Å²) in [5.41, 5.74) is 1.69. The highest BCUT2D eigenvalue weighted by atomic mass is 16.6. The molecule has 1 aromatic heterocycles. The van der Waals surface area contributed by atoms with Crippen LogP contribution in [0.25, 0.3) is 11.3 Å². The van der Waals surface area contributed by atoms with Gasteiger partial charge in [-0.2, -0.15) is 0 Å². The molecule has 0 atom stereocenters. The van der Waals surface area contributed by atoms with Crippen LogP contribution in [0.3, 0.4) is 0 Å². The molecule has 0 amide bonds. The van der Waals surface area contributed by atoms with Gasteiger partial charge in [-0.05, 0) is 43.2 Å². The number of aromatic nitrogens is 1. The molecule has 0 unspecified atom stereocenters. The number of carbonyl (C=O) groups is 1. The van der Waals surface area contributed by atoms with Crippen LogP contribution in [-0.4, -0.2) is 24.1 Å². The minimum atomic E-state index is -0.218. The number of hydrogen-bond acceptors (Lipinski definition) is 4. The first-order valence-corrected chi connectivity index (χ1v) is 7.38. The molecule has 0 spiro atoms. The van der Waals surface area contributed by atoms with Gasteiger partial charge >= 0.3 is 0 Å². The van der Waals surface area contributed by atoms with Gasteiger partial charge in [-0.25, -0.2) is 0 Å². The number of ether oxygens (including phenoxy) is 2. The van der Waals surface area contributed by atoms with Crippen molar-refractivity contribution in [2.45, 2.75) is 18.9 Å². The molecule has 2 heterocycles. The van der Waals surface area contributed by atoms with Crippen LogP contribution < -0.4 is 15.0 Å². The zero-order chi connectivity index (χ0) is 15.1. The van der Waals surface area contributed by atoms with Crippen LogP contribution in [0.2, 0.25) is 0 Å². The summed E-state index contributed by atoms with van der Waals surface area (Å²) in [7, 11) is 0. The molecule has 1 aliphatic carbocycles. The van der Waals surface area contributed by atoms with E-state index in [1.54, 1.807) is 10.6 Å². The Hall–Kier alpha value is -2.56. The molecule has 1 aliphatic heterocycles. The summed E-state index contributed by atoms with van der Waals surface area (Å²) in [5, 5.41) is 0. The first-order chi connectivity index (χ1) is 10.8. The standard InChI is InChI=1S/C17H15NO4/c19-10-12-1-5-14(18(17(12)20)13-3-4-13)11-2-6-15-16(9-11)22-8-7-21-15/h1-2,5-6,9-10,13H,3-4,7-8H2. The van der Waals surface area contributed by atoms with Crippen molar-refractivity contribution in [1.82, 2.24) is 4.57 Å². The number of rotatable bonds is 3. The molecule has 0 radical (unpaired) electrons. The largest absolute Gasteiger partial charge is 0.486 e. The average Bonchev–Trinajstić information content (AvgIpc) is 3.39. The maximum atomic E-state index is 12.4. The highest BCUT2D eigenvalue weighted by Crippen LogP contribution is 2.39. The third-order valence-corrected chi connectivity index (χ3v) is 4.02. The summed E-state index contributed by atoms with van der Waals surface area (Å²) in [4.78, 5) is 23.5. The number of aldehydes is 1. The zero-order valence-corrected chi connectivity index (χ0v) is 12.0. The molecule has 0 N–H and O–H groups in total. The van der Waals surface area contributed by atoms with Crippen molar-refractivity contribution in [1.29, 1.82) is 0 Å². The van der Waals surface area contributed by atoms with E-state index >= 15 is 0 Å². The van der Waals surface area contributed by atoms with E-state index in [1.807, 2.05) is 24.3 Å². The molecule has 5 nitrogen and oxygen atoms in total. The molecular weight excluding hydrogens is 282 g/mol. The van der Waals surface area contributed by atoms with Gasteiger partial charge in [0, 0.05) is 11.6 Å². The minimum absolute atomic E-state index is 0.190. The third kappa shape index (κ3) is 2.09. The van der Waals surface area contributed by atoms with Crippen LogP contribution in [0.1, 0.15) is 29.2 Å². The molecule has 22 heavy (non-hydrogen) atoms. The Morgan fingerprint density at radius 1 is 1.05 bits per heavy atom. The van der Waals surface area contributed by atoms with Crippen molar-refractivity contribution >= 4 is 6.29 Å². The van der Waals surface area contributed by atoms with Gasteiger partial charge in [0.25, 0.3) is 5.56 Å². The molecule has 2 aliphatic rings. The number of hydrogen-bond donors (Lipinski definition) is 0. The molecule has 1 aromatic carbocycles. The minimum Gasteiger partial charge on any atom is -0.486 e. The Labute approximate surface area is 127 Å². The first-order valence-electron chi connectivity index (χ1n) is 7.38. The number of nitrogens with zero attached hydrogens (tertiary/aromatic N) is 1. The van der Waals surface area contributed by atoms with Gasteiger partial charge in [-0.1, -0.05) is 0 Å². The van der Waals surface area contributed by atoms with Crippen LogP contribution in [0.5, 0.6) is 11.5 Å². The van der Waals surface area contributed by atoms with Crippen molar-refractivity contribution in [3.8, 4) is 22.8 Å². The topological polar surface area (TPSA) is 57.5 Å². The number of carbonyl (C=O) groups excluding carboxylic acids is 1. The number of pyridine rings is 1. The maximum Gasteiger partial charge on any atom is 0.261 e. The van der Waals surface area contributed by atoms with Gasteiger partial charge in [0.1, 0.15) is 13.2 Å². The van der Waals surface area contributed by atoms with Gasteiger partial charge in [0.15, 0.2) is 17.8 Å². The summed E-state index contributed by atoms with van der Waals surface area (Å²) < 4.78 is 12.9. The number of benzene rings is 1. The molecule has 2 aromatic rings. The van der Waals surface area contributed by atoms with Crippen LogP contribution in [0.4, 0.5) is 0 Å². The molecule has 1 saturated carbocycles. The second kappa shape index (κ2) is 5.02. The fraction of sp³-hybridized carbons (Fsp3) is 0.294. The molecular formula is C17H15NO4. The normalized spacial score (nSPS) is 16.4. The van der Waals surface area contributed by atoms with E-state index < -0.39 is 0 Å². The third-order valence-electron chi connectivity index (χ3n) is 4.02. The second-order valence-electron chi connectivity index (χ2n) is 5.56. The average molecular weight is 297 g/mol. The lowest BCUT2D eigenvalue weighted by molar-refractivity contribution is 0.112. The lowest BCUT2D eigenvalue weighted by Gasteiger charge is -2.20. The second-order valence-corrected chi connectivity index (χ2v) is 5.56. The Morgan fingerprint density at radius 3 is 2.55 bits per heavy atom. The molecule has 5 heteroatoms. The Morgan fingerprint density at radius 2 is 1.82 bits per heavy atom. The van der Waals surface area contributed by atoms with Crippen molar-refractivity contribution in [3.05, 3.63) is 46.2 Å². The van der Waals surface area contributed by atoms with E-state index in [9.17, 15) is 9.59 Å². The number of fused-ring (bicyclic) bond motifs is 1. The lowest BCUT2D eigenvalue weighted by Crippen LogP contribution is -2.24. The van der Waals surface area contributed by atoms with Crippen molar-refractivity contribution in [2.24, 2.45) is 0 Å². The Bertz CT molecular complexity index is 805. The molecule has 1 fully saturated rings. The first kappa shape index (κ1) is 13.1. The fourth-order valence-corrected chi connectivity index (χ4v) is 2.79. The summed E-state index contributed by atoms with van der Waals surface area (Å²) in [6, 6.07) is 9.27. The highest BCUT2D eigenvalue weighted by molar-refractivity contribution is 5.76. The van der Waals surface area contributed by atoms with Gasteiger partial charge in [-0.3, -0.25) is 9.59 Å². The van der Waals surface area contributed by atoms with Gasteiger partial charge in [0.05, 0.1) is 11.3 Å². The summed E-state index contributed by atoms with van der Waals surface area (Å²) >= 11 is 0. The fourth-order valence-electron chi connectivity index (χ4n) is 2.79. The van der Waals surface area contributed by atoms with Crippen molar-refractivity contribution in [2.75, 3.05) is 13.2 Å². The zero-order valence-electron chi connectivity index (χ0n) is 12.0. The van der Waals surface area contributed by atoms with E-state index in [-0.39, 0.29) is 17.2 Å². The monoisotopic (exact) mass is 297 g/mol. The van der Waals surface area contributed by atoms with Gasteiger partial charge in [0.2, 0.25) is 0 Å². The van der Waals surface area contributed by atoms with E-state index in [0.717, 1.165) is 29.8 Å². The SMILES string of the molecule is O=Cc1ccc(-c2ccc3c(c2)OCCO3)n(C2CC2)c1=O. The van der Waals surface area contributed by atoms with Crippen molar-refractivity contribution < 1.29 is 14.3 Å².